The van der Waals surface area contributed by atoms with Gasteiger partial charge in [0, 0.05) is 37.6 Å². The molecule has 6 nitrogen and oxygen atoms in total. The lowest BCUT2D eigenvalue weighted by Gasteiger charge is -2.37. The normalized spacial score (nSPS) is 17.7. The topological polar surface area (TPSA) is 61.8 Å². The molecular weight excluding hydrogens is 346 g/mol. The van der Waals surface area contributed by atoms with E-state index in [-0.39, 0.29) is 0 Å². The Labute approximate surface area is 162 Å². The number of nitrogens with one attached hydrogen (secondary N) is 2. The summed E-state index contributed by atoms with van der Waals surface area (Å²) < 4.78 is 5.50. The van der Waals surface area contributed by atoms with Gasteiger partial charge in [0.1, 0.15) is 5.01 Å². The van der Waals surface area contributed by atoms with Crippen molar-refractivity contribution in [2.75, 3.05) is 39.4 Å². The molecule has 2 rings (SSSR count). The summed E-state index contributed by atoms with van der Waals surface area (Å²) in [5.74, 6) is 1.92. The van der Waals surface area contributed by atoms with E-state index in [1.807, 2.05) is 0 Å². The number of morpholine rings is 1. The van der Waals surface area contributed by atoms with Crippen molar-refractivity contribution in [3.8, 4) is 0 Å². The predicted octanol–water partition coefficient (Wildman–Crippen LogP) is 2.68. The van der Waals surface area contributed by atoms with Crippen LogP contribution in [0.15, 0.2) is 10.4 Å². The number of rotatable bonds is 8. The maximum atomic E-state index is 5.50. The van der Waals surface area contributed by atoms with Crippen molar-refractivity contribution in [3.05, 3.63) is 16.1 Å². The molecule has 26 heavy (non-hydrogen) atoms. The molecule has 0 aliphatic carbocycles. The molecule has 1 aliphatic rings. The first-order valence-electron chi connectivity index (χ1n) is 9.79. The van der Waals surface area contributed by atoms with Crippen LogP contribution in [-0.2, 0) is 11.3 Å². The summed E-state index contributed by atoms with van der Waals surface area (Å²) in [6.45, 7) is 17.1. The van der Waals surface area contributed by atoms with Gasteiger partial charge in [0.25, 0.3) is 0 Å². The van der Waals surface area contributed by atoms with Crippen LogP contribution < -0.4 is 10.6 Å². The summed E-state index contributed by atoms with van der Waals surface area (Å²) in [5, 5.41) is 10.1. The molecule has 2 heterocycles. The van der Waals surface area contributed by atoms with Gasteiger partial charge in [-0.05, 0) is 18.8 Å². The maximum absolute atomic E-state index is 5.50. The van der Waals surface area contributed by atoms with Crippen LogP contribution in [0, 0.1) is 5.92 Å². The minimum atomic E-state index is 0.468. The van der Waals surface area contributed by atoms with Gasteiger partial charge >= 0.3 is 0 Å². The molecule has 0 radical (unpaired) electrons. The zero-order chi connectivity index (χ0) is 18.9. The first-order valence-corrected chi connectivity index (χ1v) is 10.7. The summed E-state index contributed by atoms with van der Waals surface area (Å²) >= 11 is 1.69. The molecule has 0 amide bonds. The number of ether oxygens (including phenoxy) is 1. The number of nitrogens with zero attached hydrogens (tertiary/aromatic N) is 3. The SMILES string of the molecule is CCNC(=NCc1nc(C(C)C)cs1)NCC(C(C)C)N1CCOCC1. The van der Waals surface area contributed by atoms with Crippen LogP contribution >= 0.6 is 11.3 Å². The van der Waals surface area contributed by atoms with Crippen molar-refractivity contribution in [1.82, 2.24) is 20.5 Å². The van der Waals surface area contributed by atoms with E-state index >= 15 is 0 Å². The van der Waals surface area contributed by atoms with E-state index in [4.69, 9.17) is 9.73 Å². The van der Waals surface area contributed by atoms with E-state index < -0.39 is 0 Å². The average molecular weight is 382 g/mol. The highest BCUT2D eigenvalue weighted by molar-refractivity contribution is 7.09. The fraction of sp³-hybridized carbons (Fsp3) is 0.789. The Balaban J connectivity index is 1.94. The number of hydrogen-bond acceptors (Lipinski definition) is 5. The van der Waals surface area contributed by atoms with Crippen LogP contribution in [0.4, 0.5) is 0 Å². The van der Waals surface area contributed by atoms with E-state index in [1.165, 1.54) is 0 Å². The van der Waals surface area contributed by atoms with Crippen LogP contribution in [-0.4, -0.2) is 61.3 Å². The summed E-state index contributed by atoms with van der Waals surface area (Å²) in [5.41, 5.74) is 1.16. The van der Waals surface area contributed by atoms with Gasteiger partial charge in [-0.1, -0.05) is 27.7 Å². The lowest BCUT2D eigenvalue weighted by molar-refractivity contribution is 0.00752. The van der Waals surface area contributed by atoms with Gasteiger partial charge in [-0.25, -0.2) is 9.98 Å². The molecule has 1 fully saturated rings. The highest BCUT2D eigenvalue weighted by Crippen LogP contribution is 2.18. The van der Waals surface area contributed by atoms with E-state index in [9.17, 15) is 0 Å². The molecule has 1 aromatic heterocycles. The van der Waals surface area contributed by atoms with E-state index in [2.05, 4.69) is 60.5 Å². The second-order valence-corrected chi connectivity index (χ2v) is 8.30. The number of hydrogen-bond donors (Lipinski definition) is 2. The number of aliphatic imine (C=N–C) groups is 1. The first-order chi connectivity index (χ1) is 12.5. The van der Waals surface area contributed by atoms with Gasteiger partial charge in [0.15, 0.2) is 5.96 Å². The fourth-order valence-corrected chi connectivity index (χ4v) is 3.93. The Morgan fingerprint density at radius 2 is 2.00 bits per heavy atom. The summed E-state index contributed by atoms with van der Waals surface area (Å²) in [7, 11) is 0. The average Bonchev–Trinajstić information content (AvgIpc) is 3.10. The van der Waals surface area contributed by atoms with Crippen LogP contribution in [0.25, 0.3) is 0 Å². The number of thiazole rings is 1. The number of aromatic nitrogens is 1. The minimum Gasteiger partial charge on any atom is -0.379 e. The lowest BCUT2D eigenvalue weighted by Crippen LogP contribution is -2.52. The third-order valence-electron chi connectivity index (χ3n) is 4.64. The van der Waals surface area contributed by atoms with Crippen molar-refractivity contribution in [1.29, 1.82) is 0 Å². The van der Waals surface area contributed by atoms with E-state index in [0.29, 0.717) is 24.4 Å². The summed E-state index contributed by atoms with van der Waals surface area (Å²) in [4.78, 5) is 11.9. The molecule has 2 N–H and O–H groups in total. The monoisotopic (exact) mass is 381 g/mol. The minimum absolute atomic E-state index is 0.468. The van der Waals surface area contributed by atoms with Gasteiger partial charge in [-0.15, -0.1) is 11.3 Å². The van der Waals surface area contributed by atoms with Crippen molar-refractivity contribution < 1.29 is 4.74 Å². The molecule has 7 heteroatoms. The molecule has 148 valence electrons. The number of guanidine groups is 1. The van der Waals surface area contributed by atoms with Gasteiger partial charge in [-0.3, -0.25) is 4.90 Å². The van der Waals surface area contributed by atoms with Gasteiger partial charge in [0.2, 0.25) is 0 Å². The second kappa shape index (κ2) is 10.8. The van der Waals surface area contributed by atoms with Crippen molar-refractivity contribution in [2.24, 2.45) is 10.9 Å². The Hall–Kier alpha value is -1.18. The molecule has 0 spiro atoms. The van der Waals surface area contributed by atoms with Gasteiger partial charge in [0.05, 0.1) is 25.5 Å². The Bertz CT molecular complexity index is 552. The smallest absolute Gasteiger partial charge is 0.191 e. The van der Waals surface area contributed by atoms with Crippen LogP contribution in [0.5, 0.6) is 0 Å². The maximum Gasteiger partial charge on any atom is 0.191 e. The van der Waals surface area contributed by atoms with Crippen LogP contribution in [0.3, 0.4) is 0 Å². The van der Waals surface area contributed by atoms with Gasteiger partial charge < -0.3 is 15.4 Å². The van der Waals surface area contributed by atoms with Crippen molar-refractivity contribution >= 4 is 17.3 Å². The third-order valence-corrected chi connectivity index (χ3v) is 5.49. The molecule has 1 aromatic rings. The van der Waals surface area contributed by atoms with Crippen molar-refractivity contribution in [3.63, 3.8) is 0 Å². The van der Waals surface area contributed by atoms with Gasteiger partial charge in [-0.2, -0.15) is 0 Å². The highest BCUT2D eigenvalue weighted by atomic mass is 32.1. The first kappa shape index (κ1) is 21.1. The summed E-state index contributed by atoms with van der Waals surface area (Å²) in [6, 6.07) is 0.482. The zero-order valence-electron chi connectivity index (χ0n) is 16.9. The third kappa shape index (κ3) is 6.52. The molecule has 1 saturated heterocycles. The molecule has 0 aromatic carbocycles. The molecule has 0 bridgehead atoms. The zero-order valence-corrected chi connectivity index (χ0v) is 17.7. The Kier molecular flexibility index (Phi) is 8.81. The summed E-state index contributed by atoms with van der Waals surface area (Å²) in [6.07, 6.45) is 0. The quantitative estimate of drug-likeness (QED) is 0.535. The predicted molar refractivity (Wildman–Crippen MR) is 110 cm³/mol. The molecule has 1 aliphatic heterocycles. The molecular formula is C19H35N5OS. The molecule has 1 unspecified atom stereocenters. The van der Waals surface area contributed by atoms with Crippen LogP contribution in [0.1, 0.15) is 51.2 Å². The van der Waals surface area contributed by atoms with Crippen LogP contribution in [0.2, 0.25) is 0 Å². The Morgan fingerprint density at radius 3 is 2.58 bits per heavy atom. The lowest BCUT2D eigenvalue weighted by atomic mass is 10.0. The largest absolute Gasteiger partial charge is 0.379 e. The van der Waals surface area contributed by atoms with E-state index in [1.54, 1.807) is 11.3 Å². The van der Waals surface area contributed by atoms with E-state index in [0.717, 1.165) is 56.1 Å². The van der Waals surface area contributed by atoms with Crippen molar-refractivity contribution in [2.45, 2.75) is 53.1 Å². The highest BCUT2D eigenvalue weighted by Gasteiger charge is 2.23. The Morgan fingerprint density at radius 1 is 1.27 bits per heavy atom. The molecule has 1 atom stereocenters. The molecule has 0 saturated carbocycles. The standard InChI is InChI=1S/C19H35N5OS/c1-6-20-19(22-12-18-23-16(13-26-18)14(2)3)21-11-17(15(4)5)24-7-9-25-10-8-24/h13-15,17H,6-12H2,1-5H3,(H2,20,21,22). The fourth-order valence-electron chi connectivity index (χ4n) is 3.05. The second-order valence-electron chi connectivity index (χ2n) is 7.36.